The molecule has 0 saturated carbocycles. The number of methoxy groups -OCH3 is 2. The van der Waals surface area contributed by atoms with E-state index < -0.39 is 11.9 Å². The van der Waals surface area contributed by atoms with Gasteiger partial charge in [0.15, 0.2) is 6.29 Å². The van der Waals surface area contributed by atoms with E-state index in [0.717, 1.165) is 11.1 Å². The van der Waals surface area contributed by atoms with Gasteiger partial charge in [-0.05, 0) is 37.1 Å². The molecule has 1 rings (SSSR count). The molecule has 1 aromatic carbocycles. The van der Waals surface area contributed by atoms with Crippen molar-refractivity contribution in [3.63, 3.8) is 0 Å². The Labute approximate surface area is 101 Å². The lowest BCUT2D eigenvalue weighted by molar-refractivity contribution is -0.207. The zero-order chi connectivity index (χ0) is 13.1. The zero-order valence-corrected chi connectivity index (χ0v) is 10.7. The number of aliphatic hydroxyl groups is 1. The van der Waals surface area contributed by atoms with E-state index in [1.54, 1.807) is 13.0 Å². The molecular formula is C13H19FO3. The monoisotopic (exact) mass is 242 g/mol. The smallest absolute Gasteiger partial charge is 0.185 e. The van der Waals surface area contributed by atoms with Crippen molar-refractivity contribution in [3.05, 3.63) is 35.1 Å². The number of benzene rings is 1. The van der Waals surface area contributed by atoms with Gasteiger partial charge in [-0.3, -0.25) is 0 Å². The molecule has 0 aromatic heterocycles. The molecular weight excluding hydrogens is 223 g/mol. The third kappa shape index (κ3) is 3.49. The molecule has 1 unspecified atom stereocenters. The first-order valence-electron chi connectivity index (χ1n) is 5.43. The lowest BCUT2D eigenvalue weighted by Gasteiger charge is -2.31. The van der Waals surface area contributed by atoms with Crippen molar-refractivity contribution in [3.8, 4) is 0 Å². The lowest BCUT2D eigenvalue weighted by Crippen LogP contribution is -2.44. The number of ether oxygens (including phenoxy) is 2. The maximum atomic E-state index is 13.1. The summed E-state index contributed by atoms with van der Waals surface area (Å²) in [7, 11) is 2.92. The summed E-state index contributed by atoms with van der Waals surface area (Å²) in [6.45, 7) is 3.48. The predicted octanol–water partition coefficient (Wildman–Crippen LogP) is 2.05. The molecule has 17 heavy (non-hydrogen) atoms. The van der Waals surface area contributed by atoms with Gasteiger partial charge < -0.3 is 14.6 Å². The fraction of sp³-hybridized carbons (Fsp3) is 0.538. The van der Waals surface area contributed by atoms with Crippen LogP contribution in [0.25, 0.3) is 0 Å². The van der Waals surface area contributed by atoms with Crippen LogP contribution in [0.1, 0.15) is 18.1 Å². The molecule has 0 spiro atoms. The summed E-state index contributed by atoms with van der Waals surface area (Å²) in [5.74, 6) is -0.312. The van der Waals surface area contributed by atoms with E-state index >= 15 is 0 Å². The molecule has 3 nitrogen and oxygen atoms in total. The van der Waals surface area contributed by atoms with E-state index in [4.69, 9.17) is 9.47 Å². The van der Waals surface area contributed by atoms with Gasteiger partial charge in [-0.25, -0.2) is 4.39 Å². The number of hydrogen-bond donors (Lipinski definition) is 1. The highest BCUT2D eigenvalue weighted by atomic mass is 19.1. The minimum absolute atomic E-state index is 0.267. The molecule has 4 heteroatoms. The first-order chi connectivity index (χ1) is 7.90. The molecule has 0 aliphatic rings. The van der Waals surface area contributed by atoms with Crippen LogP contribution in [-0.2, 0) is 15.9 Å². The molecule has 0 aliphatic heterocycles. The van der Waals surface area contributed by atoms with Crippen LogP contribution in [0.3, 0.4) is 0 Å². The number of hydrogen-bond acceptors (Lipinski definition) is 3. The maximum absolute atomic E-state index is 13.1. The van der Waals surface area contributed by atoms with Gasteiger partial charge in [0.25, 0.3) is 0 Å². The molecule has 0 heterocycles. The molecule has 0 bridgehead atoms. The van der Waals surface area contributed by atoms with Crippen LogP contribution in [0.2, 0.25) is 0 Å². The summed E-state index contributed by atoms with van der Waals surface area (Å²) < 4.78 is 23.2. The van der Waals surface area contributed by atoms with E-state index in [9.17, 15) is 9.50 Å². The standard InChI is InChI=1S/C13H19FO3/c1-9-5-6-11(14)7-10(9)8-13(2,15)12(16-3)17-4/h5-7,12,15H,8H2,1-4H3. The van der Waals surface area contributed by atoms with Gasteiger partial charge in [0.05, 0.1) is 0 Å². The van der Waals surface area contributed by atoms with Crippen molar-refractivity contribution in [2.75, 3.05) is 14.2 Å². The average Bonchev–Trinajstić information content (AvgIpc) is 2.24. The summed E-state index contributed by atoms with van der Waals surface area (Å²) >= 11 is 0. The largest absolute Gasteiger partial charge is 0.385 e. The number of halogens is 1. The third-order valence-corrected chi connectivity index (χ3v) is 2.80. The summed E-state index contributed by atoms with van der Waals surface area (Å²) in [6, 6.07) is 4.51. The van der Waals surface area contributed by atoms with Crippen LogP contribution in [0.5, 0.6) is 0 Å². The van der Waals surface area contributed by atoms with Crippen LogP contribution < -0.4 is 0 Å². The second-order valence-corrected chi connectivity index (χ2v) is 4.41. The van der Waals surface area contributed by atoms with Gasteiger partial charge in [-0.2, -0.15) is 0 Å². The summed E-state index contributed by atoms with van der Waals surface area (Å²) in [5, 5.41) is 10.3. The van der Waals surface area contributed by atoms with Crippen LogP contribution in [0, 0.1) is 12.7 Å². The van der Waals surface area contributed by atoms with Gasteiger partial charge >= 0.3 is 0 Å². The molecule has 1 N–H and O–H groups in total. The quantitative estimate of drug-likeness (QED) is 0.803. The Morgan fingerprint density at radius 3 is 2.47 bits per heavy atom. The normalized spacial score (nSPS) is 15.0. The predicted molar refractivity (Wildman–Crippen MR) is 63.3 cm³/mol. The van der Waals surface area contributed by atoms with E-state index in [1.807, 2.05) is 6.92 Å². The molecule has 96 valence electrons. The van der Waals surface area contributed by atoms with Crippen molar-refractivity contribution in [2.45, 2.75) is 32.2 Å². The van der Waals surface area contributed by atoms with Crippen LogP contribution in [0.15, 0.2) is 18.2 Å². The van der Waals surface area contributed by atoms with Crippen LogP contribution >= 0.6 is 0 Å². The zero-order valence-electron chi connectivity index (χ0n) is 10.7. The minimum Gasteiger partial charge on any atom is -0.385 e. The highest BCUT2D eigenvalue weighted by molar-refractivity contribution is 5.28. The van der Waals surface area contributed by atoms with Crippen LogP contribution in [-0.4, -0.2) is 31.2 Å². The fourth-order valence-electron chi connectivity index (χ4n) is 1.90. The SMILES string of the molecule is COC(OC)C(C)(O)Cc1cc(F)ccc1C. The average molecular weight is 242 g/mol. The molecule has 1 atom stereocenters. The lowest BCUT2D eigenvalue weighted by atomic mass is 9.93. The van der Waals surface area contributed by atoms with Crippen molar-refractivity contribution < 1.29 is 19.0 Å². The van der Waals surface area contributed by atoms with Crippen molar-refractivity contribution in [2.24, 2.45) is 0 Å². The third-order valence-electron chi connectivity index (χ3n) is 2.80. The maximum Gasteiger partial charge on any atom is 0.185 e. The molecule has 0 fully saturated rings. The Bertz CT molecular complexity index is 373. The number of rotatable bonds is 5. The summed E-state index contributed by atoms with van der Waals surface area (Å²) in [4.78, 5) is 0. The van der Waals surface area contributed by atoms with Gasteiger partial charge in [-0.1, -0.05) is 6.07 Å². The first-order valence-corrected chi connectivity index (χ1v) is 5.43. The Balaban J connectivity index is 2.92. The van der Waals surface area contributed by atoms with Gasteiger partial charge in [0.1, 0.15) is 11.4 Å². The fourth-order valence-corrected chi connectivity index (χ4v) is 1.90. The molecule has 0 radical (unpaired) electrons. The Morgan fingerprint density at radius 2 is 1.94 bits per heavy atom. The Kier molecular flexibility index (Phi) is 4.62. The van der Waals surface area contributed by atoms with E-state index in [0.29, 0.717) is 0 Å². The van der Waals surface area contributed by atoms with Crippen LogP contribution in [0.4, 0.5) is 4.39 Å². The Morgan fingerprint density at radius 1 is 1.35 bits per heavy atom. The highest BCUT2D eigenvalue weighted by Gasteiger charge is 2.33. The van der Waals surface area contributed by atoms with Gasteiger partial charge in [-0.15, -0.1) is 0 Å². The molecule has 0 aliphatic carbocycles. The number of aryl methyl sites for hydroxylation is 1. The summed E-state index contributed by atoms with van der Waals surface area (Å²) in [6.07, 6.45) is -0.478. The topological polar surface area (TPSA) is 38.7 Å². The second-order valence-electron chi connectivity index (χ2n) is 4.41. The molecule has 1 aromatic rings. The second kappa shape index (κ2) is 5.58. The molecule has 0 saturated heterocycles. The van der Waals surface area contributed by atoms with E-state index in [-0.39, 0.29) is 12.2 Å². The van der Waals surface area contributed by atoms with Crippen molar-refractivity contribution in [1.29, 1.82) is 0 Å². The van der Waals surface area contributed by atoms with Crippen molar-refractivity contribution >= 4 is 0 Å². The molecule has 0 amide bonds. The van der Waals surface area contributed by atoms with Gasteiger partial charge in [0.2, 0.25) is 0 Å². The minimum atomic E-state index is -1.21. The van der Waals surface area contributed by atoms with Gasteiger partial charge in [0, 0.05) is 20.6 Å². The van der Waals surface area contributed by atoms with E-state index in [2.05, 4.69) is 0 Å². The van der Waals surface area contributed by atoms with Crippen molar-refractivity contribution in [1.82, 2.24) is 0 Å². The Hall–Kier alpha value is -0.970. The summed E-state index contributed by atoms with van der Waals surface area (Å²) in [5.41, 5.74) is 0.467. The first kappa shape index (κ1) is 14.1. The highest BCUT2D eigenvalue weighted by Crippen LogP contribution is 2.22. The van der Waals surface area contributed by atoms with E-state index in [1.165, 1.54) is 26.4 Å².